The predicted octanol–water partition coefficient (Wildman–Crippen LogP) is 5.80. The second kappa shape index (κ2) is 9.56. The van der Waals surface area contributed by atoms with Gasteiger partial charge in [0, 0.05) is 29.0 Å². The Hall–Kier alpha value is -2.85. The van der Waals surface area contributed by atoms with E-state index >= 15 is 0 Å². The third kappa shape index (κ3) is 4.77. The lowest BCUT2D eigenvalue weighted by Gasteiger charge is -2.07. The average Bonchev–Trinajstić information content (AvgIpc) is 3.43. The third-order valence-corrected chi connectivity index (χ3v) is 7.80. The minimum atomic E-state index is -3.29. The molecule has 0 aliphatic heterocycles. The minimum Gasteiger partial charge on any atom is -0.284 e. The molecule has 3 heterocycles. The molecule has 33 heavy (non-hydrogen) atoms. The van der Waals surface area contributed by atoms with Crippen molar-refractivity contribution in [3.05, 3.63) is 72.9 Å². The molecule has 1 N–H and O–H groups in total. The molecule has 0 bridgehead atoms. The molecule has 11 heteroatoms. The van der Waals surface area contributed by atoms with Gasteiger partial charge >= 0.3 is 0 Å². The number of benzene rings is 2. The minimum absolute atomic E-state index is 0. The predicted molar refractivity (Wildman–Crippen MR) is 133 cm³/mol. The smallest absolute Gasteiger partial charge is 0.184 e. The number of hydrogen-bond acceptors (Lipinski definition) is 6. The van der Waals surface area contributed by atoms with E-state index in [1.54, 1.807) is 30.5 Å². The lowest BCUT2D eigenvalue weighted by Crippen LogP contribution is -1.92. The number of H-pyrrole nitrogens is 1. The molecular formula is C22H17Cl2FN4O2S2. The van der Waals surface area contributed by atoms with Gasteiger partial charge in [-0.1, -0.05) is 6.07 Å². The number of sulfone groups is 1. The van der Waals surface area contributed by atoms with Crippen LogP contribution in [0.25, 0.3) is 43.9 Å². The molecule has 2 aromatic carbocycles. The van der Waals surface area contributed by atoms with Crippen LogP contribution in [0.2, 0.25) is 0 Å². The summed E-state index contributed by atoms with van der Waals surface area (Å²) in [6, 6.07) is 15.3. The van der Waals surface area contributed by atoms with Gasteiger partial charge < -0.3 is 0 Å². The molecule has 5 rings (SSSR count). The number of aromatic nitrogens is 4. The summed E-state index contributed by atoms with van der Waals surface area (Å²) >= 11 is 1.18. The van der Waals surface area contributed by atoms with Gasteiger partial charge in [0.25, 0.3) is 0 Å². The first kappa shape index (κ1) is 24.8. The van der Waals surface area contributed by atoms with E-state index in [1.807, 2.05) is 18.2 Å². The first-order valence-electron chi connectivity index (χ1n) is 9.25. The van der Waals surface area contributed by atoms with E-state index in [1.165, 1.54) is 36.1 Å². The van der Waals surface area contributed by atoms with Crippen LogP contribution in [0, 0.1) is 5.82 Å². The molecule has 0 amide bonds. The van der Waals surface area contributed by atoms with Gasteiger partial charge in [-0.2, -0.15) is 5.10 Å². The quantitative estimate of drug-likeness (QED) is 0.322. The molecule has 0 aliphatic rings. The van der Waals surface area contributed by atoms with Gasteiger partial charge in [-0.25, -0.2) is 22.8 Å². The van der Waals surface area contributed by atoms with E-state index in [-0.39, 0.29) is 30.6 Å². The maximum atomic E-state index is 13.3. The monoisotopic (exact) mass is 522 g/mol. The summed E-state index contributed by atoms with van der Waals surface area (Å²) in [5, 5.41) is 8.02. The van der Waals surface area contributed by atoms with Crippen LogP contribution >= 0.6 is 36.2 Å². The molecule has 0 aliphatic carbocycles. The summed E-state index contributed by atoms with van der Waals surface area (Å²) in [7, 11) is -3.29. The van der Waals surface area contributed by atoms with Crippen LogP contribution in [-0.2, 0) is 9.84 Å². The summed E-state index contributed by atoms with van der Waals surface area (Å²) in [5.41, 5.74) is 4.64. The molecule has 3 aromatic heterocycles. The van der Waals surface area contributed by atoms with Crippen molar-refractivity contribution in [3.8, 4) is 33.0 Å². The lowest BCUT2D eigenvalue weighted by molar-refractivity contribution is 0.604. The number of rotatable bonds is 4. The van der Waals surface area contributed by atoms with Gasteiger partial charge in [-0.3, -0.25) is 5.10 Å². The number of hydrogen-bond donors (Lipinski definition) is 1. The van der Waals surface area contributed by atoms with Gasteiger partial charge in [0.2, 0.25) is 0 Å². The highest BCUT2D eigenvalue weighted by Crippen LogP contribution is 2.36. The Morgan fingerprint density at radius 2 is 1.64 bits per heavy atom. The van der Waals surface area contributed by atoms with E-state index in [0.29, 0.717) is 15.6 Å². The fourth-order valence-electron chi connectivity index (χ4n) is 3.41. The number of nitrogens with zero attached hydrogens (tertiary/aromatic N) is 3. The molecule has 6 nitrogen and oxygen atoms in total. The summed E-state index contributed by atoms with van der Waals surface area (Å²) in [6.07, 6.45) is 4.45. The van der Waals surface area contributed by atoms with Gasteiger partial charge in [-0.15, -0.1) is 36.2 Å². The first-order valence-corrected chi connectivity index (χ1v) is 12.0. The Morgan fingerprint density at radius 1 is 0.909 bits per heavy atom. The molecule has 0 radical (unpaired) electrons. The van der Waals surface area contributed by atoms with Crippen LogP contribution in [0.5, 0.6) is 0 Å². The van der Waals surface area contributed by atoms with Crippen molar-refractivity contribution in [2.45, 2.75) is 4.21 Å². The molecule has 0 saturated heterocycles. The van der Waals surface area contributed by atoms with E-state index in [0.717, 1.165) is 32.5 Å². The first-order chi connectivity index (χ1) is 14.9. The lowest BCUT2D eigenvalue weighted by atomic mass is 9.99. The Labute approximate surface area is 205 Å². The van der Waals surface area contributed by atoms with Crippen molar-refractivity contribution in [1.29, 1.82) is 0 Å². The fourth-order valence-corrected chi connectivity index (χ4v) is 5.34. The van der Waals surface area contributed by atoms with E-state index < -0.39 is 9.84 Å². The van der Waals surface area contributed by atoms with E-state index in [9.17, 15) is 12.8 Å². The molecule has 0 atom stereocenters. The van der Waals surface area contributed by atoms with Crippen LogP contribution in [0.3, 0.4) is 0 Å². The van der Waals surface area contributed by atoms with Crippen molar-refractivity contribution in [2.75, 3.05) is 6.26 Å². The third-order valence-electron chi connectivity index (χ3n) is 4.88. The highest BCUT2D eigenvalue weighted by molar-refractivity contribution is 7.92. The standard InChI is InChI=1S/C22H15FN4O2S2.2ClH/c1-31(28,29)20-9-8-19(30-20)22-16-10-14(4-7-18(16)24-12-25-22)17-11-26-27-21(17)13-2-5-15(23)6-3-13;;/h2-12H,1H3,(H,26,27);2*1H. The number of aromatic amines is 1. The number of halogens is 3. The molecule has 5 aromatic rings. The summed E-state index contributed by atoms with van der Waals surface area (Å²) in [5.74, 6) is -0.308. The highest BCUT2D eigenvalue weighted by atomic mass is 35.5. The topological polar surface area (TPSA) is 88.6 Å². The van der Waals surface area contributed by atoms with Gasteiger partial charge in [0.1, 0.15) is 16.4 Å². The zero-order chi connectivity index (χ0) is 21.6. The number of nitrogens with one attached hydrogen (secondary N) is 1. The SMILES string of the molecule is CS(=O)(=O)c1ccc(-c2ncnc3ccc(-c4c[nH]nc4-c4ccc(F)cc4)cc23)s1.Cl.Cl. The zero-order valence-electron chi connectivity index (χ0n) is 17.0. The Bertz CT molecular complexity index is 1530. The molecule has 0 fully saturated rings. The van der Waals surface area contributed by atoms with Gasteiger partial charge in [0.05, 0.1) is 21.8 Å². The van der Waals surface area contributed by atoms with Crippen molar-refractivity contribution in [1.82, 2.24) is 20.2 Å². The van der Waals surface area contributed by atoms with Crippen molar-refractivity contribution < 1.29 is 12.8 Å². The Morgan fingerprint density at radius 3 is 2.33 bits per heavy atom. The maximum Gasteiger partial charge on any atom is 0.184 e. The average molecular weight is 523 g/mol. The molecule has 170 valence electrons. The molecule has 0 saturated carbocycles. The summed E-state index contributed by atoms with van der Waals surface area (Å²) in [4.78, 5) is 9.52. The van der Waals surface area contributed by atoms with Crippen LogP contribution in [-0.4, -0.2) is 34.8 Å². The Balaban J connectivity index is 0.00000153. The summed E-state index contributed by atoms with van der Waals surface area (Å²) < 4.78 is 37.4. The fraction of sp³-hybridized carbons (Fsp3) is 0.0455. The largest absolute Gasteiger partial charge is 0.284 e. The maximum absolute atomic E-state index is 13.3. The van der Waals surface area contributed by atoms with Crippen LogP contribution < -0.4 is 0 Å². The van der Waals surface area contributed by atoms with Crippen molar-refractivity contribution in [2.24, 2.45) is 0 Å². The number of thiophene rings is 1. The van der Waals surface area contributed by atoms with Crippen molar-refractivity contribution in [3.63, 3.8) is 0 Å². The van der Waals surface area contributed by atoms with E-state index in [2.05, 4.69) is 20.2 Å². The second-order valence-corrected chi connectivity index (χ2v) is 10.3. The second-order valence-electron chi connectivity index (χ2n) is 7.00. The van der Waals surface area contributed by atoms with Crippen LogP contribution in [0.4, 0.5) is 4.39 Å². The van der Waals surface area contributed by atoms with Gasteiger partial charge in [-0.05, 0) is 54.1 Å². The van der Waals surface area contributed by atoms with Crippen LogP contribution in [0.1, 0.15) is 0 Å². The molecule has 0 spiro atoms. The van der Waals surface area contributed by atoms with E-state index in [4.69, 9.17) is 0 Å². The normalized spacial score (nSPS) is 11.1. The van der Waals surface area contributed by atoms with Crippen LogP contribution in [0.15, 0.2) is 71.3 Å². The molecule has 0 unspecified atom stereocenters. The Kier molecular flexibility index (Phi) is 7.18. The highest BCUT2D eigenvalue weighted by Gasteiger charge is 2.16. The van der Waals surface area contributed by atoms with Crippen molar-refractivity contribution >= 4 is 56.9 Å². The number of fused-ring (bicyclic) bond motifs is 1. The zero-order valence-corrected chi connectivity index (χ0v) is 20.3. The summed E-state index contributed by atoms with van der Waals surface area (Å²) in [6.45, 7) is 0. The molecular weight excluding hydrogens is 506 g/mol. The van der Waals surface area contributed by atoms with Gasteiger partial charge in [0.15, 0.2) is 9.84 Å².